The average molecular weight is 420 g/mol. The standard InChI is InChI=1S/C22H30ClF4N/c1-5-7-9-15(8-6-2)20(21(4)12-13-21)28-14(3)16-10-11-17(23)18(19(16)24)22(25,26)27/h10-11,15,20,28H,3,5-9,12-13H2,1-2,4H3. The molecule has 0 aliphatic heterocycles. The Morgan fingerprint density at radius 3 is 2.36 bits per heavy atom. The summed E-state index contributed by atoms with van der Waals surface area (Å²) in [7, 11) is 0. The topological polar surface area (TPSA) is 12.0 Å². The van der Waals surface area contributed by atoms with E-state index in [0.29, 0.717) is 5.92 Å². The monoisotopic (exact) mass is 419 g/mol. The fourth-order valence-electron chi connectivity index (χ4n) is 3.99. The van der Waals surface area contributed by atoms with Crippen molar-refractivity contribution in [3.8, 4) is 0 Å². The molecule has 1 aromatic carbocycles. The quantitative estimate of drug-likeness (QED) is 0.381. The molecule has 2 unspecified atom stereocenters. The Morgan fingerprint density at radius 2 is 1.86 bits per heavy atom. The number of unbranched alkanes of at least 4 members (excludes halogenated alkanes) is 1. The summed E-state index contributed by atoms with van der Waals surface area (Å²) in [5.41, 5.74) is -1.33. The molecular formula is C22H30ClF4N. The largest absolute Gasteiger partial charge is 0.420 e. The Bertz CT molecular complexity index is 695. The van der Waals surface area contributed by atoms with Crippen LogP contribution in [0.15, 0.2) is 18.7 Å². The van der Waals surface area contributed by atoms with E-state index in [1.807, 2.05) is 0 Å². The first-order chi connectivity index (χ1) is 13.0. The van der Waals surface area contributed by atoms with E-state index < -0.39 is 22.6 Å². The van der Waals surface area contributed by atoms with Crippen molar-refractivity contribution in [2.45, 2.75) is 77.9 Å². The Morgan fingerprint density at radius 1 is 1.21 bits per heavy atom. The molecule has 1 nitrogen and oxygen atoms in total. The first-order valence-electron chi connectivity index (χ1n) is 10.1. The number of alkyl halides is 3. The molecule has 158 valence electrons. The predicted octanol–water partition coefficient (Wildman–Crippen LogP) is 7.83. The molecule has 0 aromatic heterocycles. The van der Waals surface area contributed by atoms with Gasteiger partial charge in [-0.3, -0.25) is 0 Å². The second kappa shape index (κ2) is 9.06. The maximum atomic E-state index is 14.7. The number of halogens is 5. The van der Waals surface area contributed by atoms with E-state index in [2.05, 4.69) is 32.7 Å². The molecule has 28 heavy (non-hydrogen) atoms. The summed E-state index contributed by atoms with van der Waals surface area (Å²) in [5, 5.41) is 2.68. The van der Waals surface area contributed by atoms with Crippen molar-refractivity contribution >= 4 is 17.3 Å². The lowest BCUT2D eigenvalue weighted by molar-refractivity contribution is -0.139. The molecule has 0 spiro atoms. The number of hydrogen-bond donors (Lipinski definition) is 1. The molecule has 6 heteroatoms. The van der Waals surface area contributed by atoms with Crippen LogP contribution in [0.3, 0.4) is 0 Å². The molecule has 1 fully saturated rings. The van der Waals surface area contributed by atoms with Gasteiger partial charge in [0.2, 0.25) is 0 Å². The maximum absolute atomic E-state index is 14.7. The highest BCUT2D eigenvalue weighted by molar-refractivity contribution is 6.31. The molecule has 1 N–H and O–H groups in total. The van der Waals surface area contributed by atoms with Crippen LogP contribution in [0.5, 0.6) is 0 Å². The molecule has 2 rings (SSSR count). The van der Waals surface area contributed by atoms with Crippen molar-refractivity contribution in [1.29, 1.82) is 0 Å². The van der Waals surface area contributed by atoms with Gasteiger partial charge in [-0.1, -0.05) is 58.2 Å². The molecule has 0 heterocycles. The summed E-state index contributed by atoms with van der Waals surface area (Å²) in [4.78, 5) is 0. The van der Waals surface area contributed by atoms with Crippen molar-refractivity contribution in [2.24, 2.45) is 11.3 Å². The van der Waals surface area contributed by atoms with Crippen molar-refractivity contribution < 1.29 is 17.6 Å². The van der Waals surface area contributed by atoms with Crippen LogP contribution in [-0.2, 0) is 6.18 Å². The summed E-state index contributed by atoms with van der Waals surface area (Å²) in [6.07, 6.45) is 2.54. The first-order valence-corrected chi connectivity index (χ1v) is 10.4. The Kier molecular flexibility index (Phi) is 7.46. The zero-order valence-electron chi connectivity index (χ0n) is 16.9. The van der Waals surface area contributed by atoms with Gasteiger partial charge in [0.25, 0.3) is 0 Å². The number of nitrogens with one attached hydrogen (secondary N) is 1. The summed E-state index contributed by atoms with van der Waals surface area (Å²) in [5.74, 6) is -0.982. The Balaban J connectivity index is 2.32. The van der Waals surface area contributed by atoms with Crippen LogP contribution in [0.2, 0.25) is 5.02 Å². The highest BCUT2D eigenvalue weighted by Crippen LogP contribution is 2.52. The summed E-state index contributed by atoms with van der Waals surface area (Å²) < 4.78 is 54.3. The number of hydrogen-bond acceptors (Lipinski definition) is 1. The van der Waals surface area contributed by atoms with Crippen LogP contribution in [-0.4, -0.2) is 6.04 Å². The van der Waals surface area contributed by atoms with E-state index in [0.717, 1.165) is 51.0 Å². The smallest absolute Gasteiger partial charge is 0.381 e. The van der Waals surface area contributed by atoms with Crippen molar-refractivity contribution in [2.75, 3.05) is 0 Å². The van der Waals surface area contributed by atoms with E-state index in [1.54, 1.807) is 0 Å². The van der Waals surface area contributed by atoms with E-state index in [9.17, 15) is 17.6 Å². The number of rotatable bonds is 10. The van der Waals surface area contributed by atoms with Gasteiger partial charge >= 0.3 is 6.18 Å². The maximum Gasteiger partial charge on any atom is 0.420 e. The summed E-state index contributed by atoms with van der Waals surface area (Å²) in [6, 6.07) is 2.43. The zero-order chi connectivity index (χ0) is 21.1. The third-order valence-electron chi connectivity index (χ3n) is 5.88. The van der Waals surface area contributed by atoms with Crippen LogP contribution >= 0.6 is 11.6 Å². The second-order valence-electron chi connectivity index (χ2n) is 8.23. The molecule has 0 radical (unpaired) electrons. The molecule has 1 aliphatic carbocycles. The lowest BCUT2D eigenvalue weighted by Crippen LogP contribution is -2.41. The summed E-state index contributed by atoms with van der Waals surface area (Å²) >= 11 is 5.62. The van der Waals surface area contributed by atoms with Crippen LogP contribution in [0.1, 0.15) is 76.8 Å². The Labute approximate surface area is 170 Å². The van der Waals surface area contributed by atoms with Gasteiger partial charge in [0.05, 0.1) is 5.02 Å². The van der Waals surface area contributed by atoms with Crippen LogP contribution in [0.25, 0.3) is 5.70 Å². The zero-order valence-corrected chi connectivity index (χ0v) is 17.6. The Hall–Kier alpha value is -1.23. The van der Waals surface area contributed by atoms with Crippen molar-refractivity contribution in [3.05, 3.63) is 40.7 Å². The second-order valence-corrected chi connectivity index (χ2v) is 8.63. The van der Waals surface area contributed by atoms with E-state index in [-0.39, 0.29) is 22.7 Å². The third-order valence-corrected chi connectivity index (χ3v) is 6.19. The first kappa shape index (κ1) is 23.1. The van der Waals surface area contributed by atoms with Crippen LogP contribution < -0.4 is 5.32 Å². The van der Waals surface area contributed by atoms with Gasteiger partial charge in [-0.15, -0.1) is 0 Å². The van der Waals surface area contributed by atoms with E-state index in [1.165, 1.54) is 6.07 Å². The van der Waals surface area contributed by atoms with Gasteiger partial charge in [-0.25, -0.2) is 4.39 Å². The molecule has 2 atom stereocenters. The summed E-state index contributed by atoms with van der Waals surface area (Å²) in [6.45, 7) is 10.3. The minimum atomic E-state index is -4.86. The molecule has 1 aromatic rings. The predicted molar refractivity (Wildman–Crippen MR) is 108 cm³/mol. The minimum absolute atomic E-state index is 0.0657. The molecule has 1 aliphatic rings. The van der Waals surface area contributed by atoms with Crippen molar-refractivity contribution in [1.82, 2.24) is 5.32 Å². The van der Waals surface area contributed by atoms with Gasteiger partial charge in [0.1, 0.15) is 11.4 Å². The average Bonchev–Trinajstić information content (AvgIpc) is 3.34. The van der Waals surface area contributed by atoms with Crippen molar-refractivity contribution in [3.63, 3.8) is 0 Å². The molecule has 1 saturated carbocycles. The van der Waals surface area contributed by atoms with Gasteiger partial charge < -0.3 is 5.32 Å². The van der Waals surface area contributed by atoms with E-state index in [4.69, 9.17) is 11.6 Å². The lowest BCUT2D eigenvalue weighted by Gasteiger charge is -2.35. The van der Waals surface area contributed by atoms with Gasteiger partial charge in [0.15, 0.2) is 0 Å². The van der Waals surface area contributed by atoms with Crippen LogP contribution in [0.4, 0.5) is 17.6 Å². The van der Waals surface area contributed by atoms with Gasteiger partial charge in [0, 0.05) is 17.3 Å². The van der Waals surface area contributed by atoms with Gasteiger partial charge in [-0.2, -0.15) is 13.2 Å². The molecule has 0 saturated heterocycles. The molecular weight excluding hydrogens is 390 g/mol. The number of benzene rings is 1. The highest BCUT2D eigenvalue weighted by Gasteiger charge is 2.48. The molecule has 0 amide bonds. The normalized spacial score (nSPS) is 17.9. The minimum Gasteiger partial charge on any atom is -0.381 e. The highest BCUT2D eigenvalue weighted by atomic mass is 35.5. The third kappa shape index (κ3) is 5.22. The van der Waals surface area contributed by atoms with Gasteiger partial charge in [-0.05, 0) is 49.1 Å². The van der Waals surface area contributed by atoms with Crippen LogP contribution in [0, 0.1) is 17.2 Å². The fraction of sp³-hybridized carbons (Fsp3) is 0.636. The fourth-order valence-corrected chi connectivity index (χ4v) is 4.25. The SMILES string of the molecule is C=C(NC(C(CCC)CCCC)C1(C)CC1)c1ccc(Cl)c(C(F)(F)F)c1F. The van der Waals surface area contributed by atoms with E-state index >= 15 is 0 Å². The lowest BCUT2D eigenvalue weighted by atomic mass is 9.80. The molecule has 0 bridgehead atoms.